The van der Waals surface area contributed by atoms with E-state index in [4.69, 9.17) is 9.47 Å². The largest absolute Gasteiger partial charge is 0.494 e. The quantitative estimate of drug-likeness (QED) is 0.909. The summed E-state index contributed by atoms with van der Waals surface area (Å²) in [5.41, 5.74) is 3.97. The lowest BCUT2D eigenvalue weighted by atomic mass is 9.89. The van der Waals surface area contributed by atoms with Crippen LogP contribution < -0.4 is 5.32 Å². The maximum Gasteiger partial charge on any atom is 0.290 e. The predicted molar refractivity (Wildman–Crippen MR) is 97.4 cm³/mol. The van der Waals surface area contributed by atoms with Crippen LogP contribution >= 0.6 is 11.3 Å². The van der Waals surface area contributed by atoms with Crippen LogP contribution in [0.2, 0.25) is 0 Å². The molecule has 0 saturated heterocycles. The van der Waals surface area contributed by atoms with E-state index in [9.17, 15) is 4.79 Å². The van der Waals surface area contributed by atoms with Crippen molar-refractivity contribution in [3.8, 4) is 0 Å². The van der Waals surface area contributed by atoms with E-state index < -0.39 is 0 Å². The first-order valence-electron chi connectivity index (χ1n) is 8.72. The molecule has 1 N–H and O–H groups in total. The topological polar surface area (TPSA) is 47.6 Å². The van der Waals surface area contributed by atoms with Crippen molar-refractivity contribution in [2.24, 2.45) is 0 Å². The molecule has 0 bridgehead atoms. The van der Waals surface area contributed by atoms with E-state index >= 15 is 0 Å². The molecule has 0 saturated carbocycles. The normalized spacial score (nSPS) is 17.5. The minimum absolute atomic E-state index is 0.175. The van der Waals surface area contributed by atoms with E-state index in [0.717, 1.165) is 23.3 Å². The van der Waals surface area contributed by atoms with Crippen LogP contribution in [0.3, 0.4) is 0 Å². The highest BCUT2D eigenvalue weighted by molar-refractivity contribution is 7.10. The summed E-state index contributed by atoms with van der Waals surface area (Å²) >= 11 is 1.65. The first kappa shape index (κ1) is 16.2. The summed E-state index contributed by atoms with van der Waals surface area (Å²) in [6, 6.07) is 10.5. The minimum Gasteiger partial charge on any atom is -0.494 e. The van der Waals surface area contributed by atoms with Gasteiger partial charge in [0.1, 0.15) is 19.5 Å². The molecule has 1 aliphatic heterocycles. The van der Waals surface area contributed by atoms with Crippen molar-refractivity contribution in [3.05, 3.63) is 69.3 Å². The molecule has 1 amide bonds. The van der Waals surface area contributed by atoms with Crippen molar-refractivity contribution in [2.75, 3.05) is 13.2 Å². The van der Waals surface area contributed by atoms with Crippen LogP contribution in [0.1, 0.15) is 40.5 Å². The third kappa shape index (κ3) is 3.56. The molecule has 25 heavy (non-hydrogen) atoms. The maximum atomic E-state index is 12.6. The van der Waals surface area contributed by atoms with Gasteiger partial charge in [-0.2, -0.15) is 0 Å². The summed E-state index contributed by atoms with van der Waals surface area (Å²) in [5.74, 6) is 0.00147. The number of carbonyl (C=O) groups is 1. The predicted octanol–water partition coefficient (Wildman–Crippen LogP) is 3.72. The summed E-state index contributed by atoms with van der Waals surface area (Å²) in [5, 5.41) is 5.14. The highest BCUT2D eigenvalue weighted by atomic mass is 32.1. The number of benzene rings is 1. The molecule has 1 aromatic carbocycles. The highest BCUT2D eigenvalue weighted by Crippen LogP contribution is 2.30. The molecule has 1 aromatic heterocycles. The van der Waals surface area contributed by atoms with Crippen LogP contribution in [-0.4, -0.2) is 19.1 Å². The number of ether oxygens (including phenoxy) is 2. The van der Waals surface area contributed by atoms with Crippen molar-refractivity contribution >= 4 is 17.2 Å². The Kier molecular flexibility index (Phi) is 4.74. The maximum absolute atomic E-state index is 12.6. The van der Waals surface area contributed by atoms with Gasteiger partial charge >= 0.3 is 0 Å². The summed E-state index contributed by atoms with van der Waals surface area (Å²) in [4.78, 5) is 13.7. The van der Waals surface area contributed by atoms with Crippen LogP contribution in [0.4, 0.5) is 0 Å². The second kappa shape index (κ2) is 7.31. The molecule has 1 atom stereocenters. The molecule has 4 nitrogen and oxygen atoms in total. The van der Waals surface area contributed by atoms with Crippen molar-refractivity contribution in [1.82, 2.24) is 5.32 Å². The monoisotopic (exact) mass is 355 g/mol. The van der Waals surface area contributed by atoms with E-state index in [1.165, 1.54) is 30.2 Å². The number of aryl methyl sites for hydroxylation is 2. The van der Waals surface area contributed by atoms with Gasteiger partial charge in [0.25, 0.3) is 5.91 Å². The van der Waals surface area contributed by atoms with E-state index in [1.807, 2.05) is 11.4 Å². The molecule has 2 heterocycles. The summed E-state index contributed by atoms with van der Waals surface area (Å²) in [6.45, 7) is 0.887. The van der Waals surface area contributed by atoms with E-state index in [1.54, 1.807) is 11.3 Å². The van der Waals surface area contributed by atoms with E-state index in [0.29, 0.717) is 13.2 Å². The van der Waals surface area contributed by atoms with Crippen molar-refractivity contribution < 1.29 is 14.3 Å². The summed E-state index contributed by atoms with van der Waals surface area (Å²) in [6.07, 6.45) is 6.19. The fourth-order valence-corrected chi connectivity index (χ4v) is 4.20. The molecule has 130 valence electrons. The van der Waals surface area contributed by atoms with Gasteiger partial charge in [0.05, 0.1) is 6.04 Å². The van der Waals surface area contributed by atoms with Crippen LogP contribution in [0.15, 0.2) is 47.7 Å². The number of rotatable bonds is 4. The van der Waals surface area contributed by atoms with Crippen LogP contribution in [0.5, 0.6) is 0 Å². The zero-order valence-corrected chi connectivity index (χ0v) is 14.8. The smallest absolute Gasteiger partial charge is 0.290 e. The van der Waals surface area contributed by atoms with Gasteiger partial charge < -0.3 is 14.8 Å². The Hall–Kier alpha value is -2.27. The number of nitrogens with one attached hydrogen (secondary N) is 1. The Morgan fingerprint density at radius 2 is 2.00 bits per heavy atom. The van der Waals surface area contributed by atoms with Gasteiger partial charge in [-0.1, -0.05) is 24.3 Å². The van der Waals surface area contributed by atoms with E-state index in [2.05, 4.69) is 29.6 Å². The molecule has 1 unspecified atom stereocenters. The Morgan fingerprint density at radius 3 is 2.76 bits per heavy atom. The number of hydrogen-bond donors (Lipinski definition) is 1. The fourth-order valence-electron chi connectivity index (χ4n) is 3.40. The lowest BCUT2D eigenvalue weighted by Gasteiger charge is -2.23. The lowest BCUT2D eigenvalue weighted by molar-refractivity contribution is -0.122. The fraction of sp³-hybridized carbons (Fsp3) is 0.350. The molecular formula is C20H21NO3S. The average molecular weight is 355 g/mol. The zero-order chi connectivity index (χ0) is 17.1. The number of amides is 1. The van der Waals surface area contributed by atoms with Gasteiger partial charge in [-0.05, 0) is 53.8 Å². The lowest BCUT2D eigenvalue weighted by Crippen LogP contribution is -2.32. The Bertz CT molecular complexity index is 782. The van der Waals surface area contributed by atoms with E-state index in [-0.39, 0.29) is 17.7 Å². The third-order valence-electron chi connectivity index (χ3n) is 4.68. The van der Waals surface area contributed by atoms with Gasteiger partial charge in [0, 0.05) is 4.88 Å². The Labute approximate surface area is 151 Å². The van der Waals surface area contributed by atoms with Gasteiger partial charge in [-0.15, -0.1) is 11.3 Å². The third-order valence-corrected chi connectivity index (χ3v) is 5.62. The highest BCUT2D eigenvalue weighted by Gasteiger charge is 2.23. The molecule has 2 aliphatic rings. The van der Waals surface area contributed by atoms with Crippen molar-refractivity contribution in [2.45, 2.75) is 31.7 Å². The van der Waals surface area contributed by atoms with Crippen LogP contribution in [0, 0.1) is 0 Å². The summed E-state index contributed by atoms with van der Waals surface area (Å²) < 4.78 is 10.6. The molecule has 0 fully saturated rings. The Balaban J connectivity index is 1.62. The first-order chi connectivity index (χ1) is 12.3. The molecule has 2 aromatic rings. The molecule has 0 radical (unpaired) electrons. The van der Waals surface area contributed by atoms with Gasteiger partial charge in [-0.3, -0.25) is 4.79 Å². The number of fused-ring (bicyclic) bond motifs is 1. The summed E-state index contributed by atoms with van der Waals surface area (Å²) in [7, 11) is 0. The SMILES string of the molecule is O=C(NC(c1ccc2c(c1)CCCC2)c1cccs1)C1=COCCO1. The standard InChI is InChI=1S/C20H21NO3S/c22-20(17-13-23-9-10-24-17)21-19(18-6-3-11-25-18)16-8-7-14-4-1-2-5-15(14)12-16/h3,6-8,11-13,19H,1-2,4-5,9-10H2,(H,21,22). The molecular weight excluding hydrogens is 334 g/mol. The average Bonchev–Trinajstić information content (AvgIpc) is 3.20. The van der Waals surface area contributed by atoms with Crippen LogP contribution in [0.25, 0.3) is 0 Å². The molecule has 5 heteroatoms. The first-order valence-corrected chi connectivity index (χ1v) is 9.60. The number of carbonyl (C=O) groups excluding carboxylic acids is 1. The molecule has 4 rings (SSSR count). The number of hydrogen-bond acceptors (Lipinski definition) is 4. The minimum atomic E-state index is -0.240. The number of thiophene rings is 1. The molecule has 1 aliphatic carbocycles. The van der Waals surface area contributed by atoms with Gasteiger partial charge in [0.15, 0.2) is 0 Å². The second-order valence-electron chi connectivity index (χ2n) is 6.36. The van der Waals surface area contributed by atoms with Gasteiger partial charge in [-0.25, -0.2) is 0 Å². The Morgan fingerprint density at radius 1 is 1.12 bits per heavy atom. The van der Waals surface area contributed by atoms with Crippen molar-refractivity contribution in [1.29, 1.82) is 0 Å². The second-order valence-corrected chi connectivity index (χ2v) is 7.34. The van der Waals surface area contributed by atoms with Crippen molar-refractivity contribution in [3.63, 3.8) is 0 Å². The molecule has 0 spiro atoms. The van der Waals surface area contributed by atoms with Gasteiger partial charge in [0.2, 0.25) is 5.76 Å². The van der Waals surface area contributed by atoms with Crippen LogP contribution in [-0.2, 0) is 27.1 Å². The zero-order valence-electron chi connectivity index (χ0n) is 14.0.